The topological polar surface area (TPSA) is 63.2 Å². The van der Waals surface area contributed by atoms with E-state index in [1.54, 1.807) is 12.2 Å². The van der Waals surface area contributed by atoms with Gasteiger partial charge in [0.25, 0.3) is 15.9 Å². The van der Waals surface area contributed by atoms with Crippen molar-refractivity contribution >= 4 is 15.9 Å². The SMILES string of the molecule is O=C1NS(=O)(=O)C2=C1C=CCC2. The fraction of sp³-hybridized carbons (Fsp3) is 0.286. The molecule has 0 aromatic heterocycles. The highest BCUT2D eigenvalue weighted by molar-refractivity contribution is 7.94. The molecule has 0 aromatic carbocycles. The van der Waals surface area contributed by atoms with Gasteiger partial charge in [-0.2, -0.15) is 0 Å². The van der Waals surface area contributed by atoms with Crippen LogP contribution >= 0.6 is 0 Å². The monoisotopic (exact) mass is 185 g/mol. The molecule has 1 heterocycles. The molecule has 2 aliphatic rings. The van der Waals surface area contributed by atoms with Gasteiger partial charge in [0, 0.05) is 0 Å². The summed E-state index contributed by atoms with van der Waals surface area (Å²) in [7, 11) is -3.47. The normalized spacial score (nSPS) is 25.5. The van der Waals surface area contributed by atoms with Gasteiger partial charge in [0.15, 0.2) is 0 Å². The van der Waals surface area contributed by atoms with E-state index in [-0.39, 0.29) is 4.91 Å². The zero-order valence-corrected chi connectivity index (χ0v) is 7.02. The first-order valence-corrected chi connectivity index (χ1v) is 5.06. The summed E-state index contributed by atoms with van der Waals surface area (Å²) in [6.07, 6.45) is 4.50. The Kier molecular flexibility index (Phi) is 1.38. The Bertz CT molecular complexity index is 402. The maximum Gasteiger partial charge on any atom is 0.266 e. The summed E-state index contributed by atoms with van der Waals surface area (Å²) >= 11 is 0. The van der Waals surface area contributed by atoms with Crippen LogP contribution in [0, 0.1) is 0 Å². The van der Waals surface area contributed by atoms with E-state index in [2.05, 4.69) is 0 Å². The van der Waals surface area contributed by atoms with E-state index in [0.29, 0.717) is 18.4 Å². The van der Waals surface area contributed by atoms with E-state index in [0.717, 1.165) is 0 Å². The highest BCUT2D eigenvalue weighted by Crippen LogP contribution is 2.27. The molecule has 1 N–H and O–H groups in total. The number of carbonyl (C=O) groups is 1. The van der Waals surface area contributed by atoms with Crippen molar-refractivity contribution in [2.24, 2.45) is 0 Å². The van der Waals surface area contributed by atoms with Gasteiger partial charge in [-0.25, -0.2) is 13.1 Å². The van der Waals surface area contributed by atoms with Gasteiger partial charge in [-0.15, -0.1) is 0 Å². The van der Waals surface area contributed by atoms with Crippen LogP contribution in [0.5, 0.6) is 0 Å². The minimum absolute atomic E-state index is 0.245. The van der Waals surface area contributed by atoms with Crippen LogP contribution in [0.15, 0.2) is 22.6 Å². The highest BCUT2D eigenvalue weighted by Gasteiger charge is 2.34. The number of allylic oxidation sites excluding steroid dienone is 2. The van der Waals surface area contributed by atoms with Crippen molar-refractivity contribution in [1.82, 2.24) is 4.72 Å². The molecule has 64 valence electrons. The van der Waals surface area contributed by atoms with Gasteiger partial charge in [-0.05, 0) is 12.8 Å². The summed E-state index contributed by atoms with van der Waals surface area (Å²) in [6.45, 7) is 0. The van der Waals surface area contributed by atoms with Crippen molar-refractivity contribution in [2.45, 2.75) is 12.8 Å². The summed E-state index contributed by atoms with van der Waals surface area (Å²) in [6, 6.07) is 0. The molecule has 5 heteroatoms. The zero-order valence-electron chi connectivity index (χ0n) is 6.20. The third kappa shape index (κ3) is 0.896. The van der Waals surface area contributed by atoms with Gasteiger partial charge in [0.1, 0.15) is 0 Å². The second-order valence-electron chi connectivity index (χ2n) is 2.71. The molecule has 0 aromatic rings. The van der Waals surface area contributed by atoms with Gasteiger partial charge >= 0.3 is 0 Å². The lowest BCUT2D eigenvalue weighted by Crippen LogP contribution is -2.22. The van der Waals surface area contributed by atoms with Crippen molar-refractivity contribution in [3.63, 3.8) is 0 Å². The Morgan fingerprint density at radius 3 is 2.83 bits per heavy atom. The molecule has 0 saturated heterocycles. The second-order valence-corrected chi connectivity index (χ2v) is 4.42. The summed E-state index contributed by atoms with van der Waals surface area (Å²) in [5, 5.41) is 0. The molecule has 1 aliphatic carbocycles. The molecule has 1 aliphatic heterocycles. The first-order chi connectivity index (χ1) is 5.61. The van der Waals surface area contributed by atoms with Crippen molar-refractivity contribution in [2.75, 3.05) is 0 Å². The summed E-state index contributed by atoms with van der Waals surface area (Å²) in [5.41, 5.74) is 0.307. The molecule has 1 amide bonds. The van der Waals surface area contributed by atoms with Crippen LogP contribution in [-0.4, -0.2) is 14.3 Å². The molecule has 0 bridgehead atoms. The van der Waals surface area contributed by atoms with E-state index in [9.17, 15) is 13.2 Å². The maximum atomic E-state index is 11.2. The van der Waals surface area contributed by atoms with Crippen LogP contribution in [0.25, 0.3) is 0 Å². The lowest BCUT2D eigenvalue weighted by atomic mass is 10.1. The first-order valence-electron chi connectivity index (χ1n) is 3.58. The Labute approximate surface area is 70.0 Å². The number of hydrogen-bond donors (Lipinski definition) is 1. The van der Waals surface area contributed by atoms with Crippen molar-refractivity contribution in [1.29, 1.82) is 0 Å². The van der Waals surface area contributed by atoms with Crippen LogP contribution < -0.4 is 4.72 Å². The number of nitrogens with one attached hydrogen (secondary N) is 1. The van der Waals surface area contributed by atoms with E-state index in [4.69, 9.17) is 0 Å². The fourth-order valence-corrected chi connectivity index (χ4v) is 2.68. The lowest BCUT2D eigenvalue weighted by Gasteiger charge is -2.02. The van der Waals surface area contributed by atoms with Crippen LogP contribution in [0.1, 0.15) is 12.8 Å². The molecule has 0 radical (unpaired) electrons. The smallest absolute Gasteiger partial charge is 0.266 e. The Balaban J connectivity index is 2.63. The van der Waals surface area contributed by atoms with Crippen LogP contribution in [0.3, 0.4) is 0 Å². The summed E-state index contributed by atoms with van der Waals surface area (Å²) in [4.78, 5) is 11.3. The molecular weight excluding hydrogens is 178 g/mol. The van der Waals surface area contributed by atoms with Gasteiger partial charge in [0.2, 0.25) is 0 Å². The van der Waals surface area contributed by atoms with Crippen LogP contribution in [0.2, 0.25) is 0 Å². The van der Waals surface area contributed by atoms with Gasteiger partial charge in [-0.1, -0.05) is 12.2 Å². The number of amides is 1. The van der Waals surface area contributed by atoms with Crippen LogP contribution in [-0.2, 0) is 14.8 Å². The number of rotatable bonds is 0. The van der Waals surface area contributed by atoms with Crippen molar-refractivity contribution in [3.8, 4) is 0 Å². The quantitative estimate of drug-likeness (QED) is 0.580. The maximum absolute atomic E-state index is 11.2. The predicted octanol–water partition coefficient (Wildman–Crippen LogP) is 0.0501. The second kappa shape index (κ2) is 2.20. The highest BCUT2D eigenvalue weighted by atomic mass is 32.2. The van der Waals surface area contributed by atoms with Crippen molar-refractivity contribution < 1.29 is 13.2 Å². The van der Waals surface area contributed by atoms with E-state index in [1.165, 1.54) is 0 Å². The minimum Gasteiger partial charge on any atom is -0.268 e. The predicted molar refractivity (Wildman–Crippen MR) is 42.5 cm³/mol. The number of sulfonamides is 1. The standard InChI is InChI=1S/C7H7NO3S/c9-7-5-3-1-2-4-6(5)12(10,11)8-7/h1,3H,2,4H2,(H,8,9). The molecule has 0 atom stereocenters. The molecule has 4 nitrogen and oxygen atoms in total. The third-order valence-electron chi connectivity index (χ3n) is 1.92. The van der Waals surface area contributed by atoms with E-state index < -0.39 is 15.9 Å². The Morgan fingerprint density at radius 1 is 1.42 bits per heavy atom. The van der Waals surface area contributed by atoms with Gasteiger partial charge in [0.05, 0.1) is 10.5 Å². The Hall–Kier alpha value is -1.10. The molecule has 0 spiro atoms. The molecular formula is C7H7NO3S. The number of hydrogen-bond acceptors (Lipinski definition) is 3. The molecule has 0 unspecified atom stereocenters. The third-order valence-corrected chi connectivity index (χ3v) is 3.45. The number of carbonyl (C=O) groups excluding carboxylic acids is 1. The molecule has 0 saturated carbocycles. The van der Waals surface area contributed by atoms with Crippen molar-refractivity contribution in [3.05, 3.63) is 22.6 Å². The fourth-order valence-electron chi connectivity index (χ4n) is 1.36. The lowest BCUT2D eigenvalue weighted by molar-refractivity contribution is -0.115. The molecule has 2 rings (SSSR count). The average molecular weight is 185 g/mol. The zero-order chi connectivity index (χ0) is 8.77. The largest absolute Gasteiger partial charge is 0.268 e. The van der Waals surface area contributed by atoms with Gasteiger partial charge in [-0.3, -0.25) is 4.79 Å². The minimum atomic E-state index is -3.47. The first kappa shape index (κ1) is 7.54. The Morgan fingerprint density at radius 2 is 2.17 bits per heavy atom. The van der Waals surface area contributed by atoms with E-state index >= 15 is 0 Å². The van der Waals surface area contributed by atoms with Gasteiger partial charge < -0.3 is 0 Å². The average Bonchev–Trinajstić information content (AvgIpc) is 2.25. The summed E-state index contributed by atoms with van der Waals surface area (Å²) in [5.74, 6) is -0.499. The summed E-state index contributed by atoms with van der Waals surface area (Å²) < 4.78 is 24.3. The molecule has 12 heavy (non-hydrogen) atoms. The van der Waals surface area contributed by atoms with Crippen LogP contribution in [0.4, 0.5) is 0 Å². The molecule has 0 fully saturated rings. The van der Waals surface area contributed by atoms with E-state index in [1.807, 2.05) is 4.72 Å².